The molecular weight excluding hydrogens is 368 g/mol. The molecule has 1 fully saturated rings. The third-order valence-electron chi connectivity index (χ3n) is 3.92. The summed E-state index contributed by atoms with van der Waals surface area (Å²) in [5.41, 5.74) is 1.19. The van der Waals surface area contributed by atoms with E-state index in [4.69, 9.17) is 11.6 Å². The third kappa shape index (κ3) is 5.14. The summed E-state index contributed by atoms with van der Waals surface area (Å²) in [4.78, 5) is 2.59. The normalized spacial score (nSPS) is 25.0. The van der Waals surface area contributed by atoms with Crippen LogP contribution < -0.4 is 5.32 Å². The highest BCUT2D eigenvalue weighted by Crippen LogP contribution is 2.29. The topological polar surface area (TPSA) is 15.3 Å². The minimum atomic E-state index is 0.311. The van der Waals surface area contributed by atoms with Crippen LogP contribution >= 0.6 is 39.3 Å². The lowest BCUT2D eigenvalue weighted by molar-refractivity contribution is 0.256. The number of nitrogens with zero attached hydrogens (tertiary/aromatic N) is 1. The third-order valence-corrected chi connectivity index (χ3v) is 5.96. The molecule has 2 rings (SSSR count). The summed E-state index contributed by atoms with van der Waals surface area (Å²) in [6, 6.07) is 6.46. The van der Waals surface area contributed by atoms with E-state index in [1.807, 2.05) is 13.1 Å². The van der Waals surface area contributed by atoms with Gasteiger partial charge in [0.25, 0.3) is 0 Å². The first-order chi connectivity index (χ1) is 9.99. The standard InChI is InChI=1S/C16H24BrClN2S/c1-11-9-20(10-12(2)21-11)7-6-16(19-3)14-5-4-13(17)8-15(14)18/h4-5,8,11-12,16,19H,6-7,9-10H2,1-3H3. The SMILES string of the molecule is CNC(CCN1CC(C)SC(C)C1)c1ccc(Br)cc1Cl. The van der Waals surface area contributed by atoms with Crippen LogP contribution in [0.3, 0.4) is 0 Å². The van der Waals surface area contributed by atoms with Crippen molar-refractivity contribution in [2.45, 2.75) is 36.8 Å². The summed E-state index contributed by atoms with van der Waals surface area (Å²) in [6.45, 7) is 8.16. The molecule has 1 aliphatic heterocycles. The highest BCUT2D eigenvalue weighted by atomic mass is 79.9. The zero-order chi connectivity index (χ0) is 15.4. The Morgan fingerprint density at radius 2 is 2.05 bits per heavy atom. The smallest absolute Gasteiger partial charge is 0.0465 e. The van der Waals surface area contributed by atoms with Gasteiger partial charge in [-0.2, -0.15) is 11.8 Å². The van der Waals surface area contributed by atoms with Crippen molar-refractivity contribution in [3.05, 3.63) is 33.3 Å². The number of benzene rings is 1. The Labute approximate surface area is 146 Å². The minimum absolute atomic E-state index is 0.311. The Kier molecular flexibility index (Phi) is 6.88. The molecule has 0 radical (unpaired) electrons. The molecule has 1 aromatic carbocycles. The molecule has 2 nitrogen and oxygen atoms in total. The van der Waals surface area contributed by atoms with E-state index in [1.165, 1.54) is 18.7 Å². The molecule has 3 unspecified atom stereocenters. The van der Waals surface area contributed by atoms with E-state index < -0.39 is 0 Å². The Hall–Kier alpha value is 0.260. The predicted molar refractivity (Wildman–Crippen MR) is 98.5 cm³/mol. The van der Waals surface area contributed by atoms with Gasteiger partial charge in [-0.15, -0.1) is 0 Å². The molecule has 21 heavy (non-hydrogen) atoms. The van der Waals surface area contributed by atoms with Crippen molar-refractivity contribution >= 4 is 39.3 Å². The molecular formula is C16H24BrClN2S. The van der Waals surface area contributed by atoms with Gasteiger partial charge in [-0.05, 0) is 31.2 Å². The van der Waals surface area contributed by atoms with Crippen LogP contribution in [0.4, 0.5) is 0 Å². The second-order valence-corrected chi connectivity index (χ2v) is 9.02. The van der Waals surface area contributed by atoms with E-state index in [0.29, 0.717) is 6.04 Å². The van der Waals surface area contributed by atoms with Crippen molar-refractivity contribution < 1.29 is 0 Å². The fourth-order valence-electron chi connectivity index (χ4n) is 3.02. The fraction of sp³-hybridized carbons (Fsp3) is 0.625. The van der Waals surface area contributed by atoms with Crippen LogP contribution in [-0.2, 0) is 0 Å². The van der Waals surface area contributed by atoms with Gasteiger partial charge in [-0.1, -0.05) is 47.4 Å². The quantitative estimate of drug-likeness (QED) is 0.791. The van der Waals surface area contributed by atoms with E-state index in [1.54, 1.807) is 0 Å². The number of rotatable bonds is 5. The molecule has 0 aliphatic carbocycles. The number of halogens is 2. The monoisotopic (exact) mass is 390 g/mol. The van der Waals surface area contributed by atoms with E-state index >= 15 is 0 Å². The number of nitrogens with one attached hydrogen (secondary N) is 1. The molecule has 0 spiro atoms. The second kappa shape index (κ2) is 8.21. The summed E-state index contributed by atoms with van der Waals surface area (Å²) >= 11 is 12.0. The Morgan fingerprint density at radius 1 is 1.38 bits per heavy atom. The Bertz CT molecular complexity index is 462. The average molecular weight is 392 g/mol. The molecule has 1 aliphatic rings. The zero-order valence-corrected chi connectivity index (χ0v) is 16.1. The number of hydrogen-bond donors (Lipinski definition) is 1. The molecule has 5 heteroatoms. The molecule has 0 bridgehead atoms. The van der Waals surface area contributed by atoms with Gasteiger partial charge in [0.1, 0.15) is 0 Å². The fourth-order valence-corrected chi connectivity index (χ4v) is 5.21. The first-order valence-electron chi connectivity index (χ1n) is 7.49. The predicted octanol–water partition coefficient (Wildman–Crippen LogP) is 4.58. The summed E-state index contributed by atoms with van der Waals surface area (Å²) in [6.07, 6.45) is 1.09. The molecule has 3 atom stereocenters. The number of hydrogen-bond acceptors (Lipinski definition) is 3. The number of thioether (sulfide) groups is 1. The largest absolute Gasteiger partial charge is 0.313 e. The van der Waals surface area contributed by atoms with Crippen molar-refractivity contribution in [2.24, 2.45) is 0 Å². The van der Waals surface area contributed by atoms with Crippen LogP contribution in [-0.4, -0.2) is 42.1 Å². The van der Waals surface area contributed by atoms with Gasteiger partial charge in [0.2, 0.25) is 0 Å². The van der Waals surface area contributed by atoms with Crippen LogP contribution in [0.15, 0.2) is 22.7 Å². The lowest BCUT2D eigenvalue weighted by Crippen LogP contribution is -2.41. The zero-order valence-electron chi connectivity index (χ0n) is 12.9. The minimum Gasteiger partial charge on any atom is -0.313 e. The van der Waals surface area contributed by atoms with Gasteiger partial charge in [-0.25, -0.2) is 0 Å². The summed E-state index contributed by atoms with van der Waals surface area (Å²) in [5.74, 6) is 0. The van der Waals surface area contributed by atoms with Crippen molar-refractivity contribution in [2.75, 3.05) is 26.7 Å². The van der Waals surface area contributed by atoms with Gasteiger partial charge < -0.3 is 10.2 Å². The van der Waals surface area contributed by atoms with Crippen LogP contribution in [0.25, 0.3) is 0 Å². The molecule has 1 saturated heterocycles. The van der Waals surface area contributed by atoms with E-state index in [-0.39, 0.29) is 0 Å². The van der Waals surface area contributed by atoms with Gasteiger partial charge in [0.15, 0.2) is 0 Å². The lowest BCUT2D eigenvalue weighted by atomic mass is 10.0. The molecule has 0 aromatic heterocycles. The van der Waals surface area contributed by atoms with E-state index in [9.17, 15) is 0 Å². The Balaban J connectivity index is 1.96. The van der Waals surface area contributed by atoms with Crippen LogP contribution in [0.2, 0.25) is 5.02 Å². The van der Waals surface area contributed by atoms with Crippen molar-refractivity contribution in [3.8, 4) is 0 Å². The summed E-state index contributed by atoms with van der Waals surface area (Å²) in [7, 11) is 2.01. The molecule has 0 amide bonds. The molecule has 0 saturated carbocycles. The van der Waals surface area contributed by atoms with Gasteiger partial charge in [-0.3, -0.25) is 0 Å². The second-order valence-electron chi connectivity index (χ2n) is 5.81. The first kappa shape index (κ1) is 17.6. The molecule has 1 N–H and O–H groups in total. The maximum absolute atomic E-state index is 6.38. The highest BCUT2D eigenvalue weighted by molar-refractivity contribution is 9.10. The van der Waals surface area contributed by atoms with Gasteiger partial charge in [0, 0.05) is 45.7 Å². The average Bonchev–Trinajstić information content (AvgIpc) is 2.40. The summed E-state index contributed by atoms with van der Waals surface area (Å²) in [5, 5.41) is 5.71. The first-order valence-corrected chi connectivity index (χ1v) is 9.61. The summed E-state index contributed by atoms with van der Waals surface area (Å²) < 4.78 is 1.03. The van der Waals surface area contributed by atoms with Crippen LogP contribution in [0.1, 0.15) is 31.9 Å². The van der Waals surface area contributed by atoms with Gasteiger partial charge >= 0.3 is 0 Å². The highest BCUT2D eigenvalue weighted by Gasteiger charge is 2.23. The maximum atomic E-state index is 6.38. The Morgan fingerprint density at radius 3 is 2.62 bits per heavy atom. The molecule has 1 heterocycles. The van der Waals surface area contributed by atoms with Gasteiger partial charge in [0.05, 0.1) is 0 Å². The lowest BCUT2D eigenvalue weighted by Gasteiger charge is -2.35. The van der Waals surface area contributed by atoms with Crippen LogP contribution in [0, 0.1) is 0 Å². The van der Waals surface area contributed by atoms with E-state index in [0.717, 1.165) is 33.0 Å². The van der Waals surface area contributed by atoms with Crippen molar-refractivity contribution in [3.63, 3.8) is 0 Å². The van der Waals surface area contributed by atoms with Crippen molar-refractivity contribution in [1.82, 2.24) is 10.2 Å². The van der Waals surface area contributed by atoms with Crippen molar-refractivity contribution in [1.29, 1.82) is 0 Å². The maximum Gasteiger partial charge on any atom is 0.0465 e. The van der Waals surface area contributed by atoms with Crippen LogP contribution in [0.5, 0.6) is 0 Å². The molecule has 118 valence electrons. The molecule has 1 aromatic rings. The van der Waals surface area contributed by atoms with E-state index in [2.05, 4.69) is 63.9 Å².